The van der Waals surface area contributed by atoms with Crippen LogP contribution in [0.2, 0.25) is 0 Å². The van der Waals surface area contributed by atoms with E-state index in [4.69, 9.17) is 9.47 Å². The largest absolute Gasteiger partial charge is 0.481 e. The number of carbonyl (C=O) groups is 2. The van der Waals surface area contributed by atoms with E-state index in [2.05, 4.69) is 10.4 Å². The van der Waals surface area contributed by atoms with Crippen molar-refractivity contribution in [1.29, 1.82) is 0 Å². The van der Waals surface area contributed by atoms with Gasteiger partial charge in [0, 0.05) is 18.0 Å². The maximum Gasteiger partial charge on any atom is 0.413 e. The predicted molar refractivity (Wildman–Crippen MR) is 135 cm³/mol. The fourth-order valence-electron chi connectivity index (χ4n) is 5.46. The van der Waals surface area contributed by atoms with E-state index in [9.17, 15) is 14.7 Å². The number of aliphatic carboxylic acids is 1. The van der Waals surface area contributed by atoms with Gasteiger partial charge in [-0.05, 0) is 48.4 Å². The Morgan fingerprint density at radius 2 is 2.03 bits per heavy atom. The molecule has 1 aromatic heterocycles. The number of fused-ring (bicyclic) bond motifs is 1. The van der Waals surface area contributed by atoms with E-state index in [0.29, 0.717) is 35.3 Å². The highest BCUT2D eigenvalue weighted by Gasteiger charge is 2.62. The second kappa shape index (κ2) is 9.30. The van der Waals surface area contributed by atoms with Gasteiger partial charge in [-0.2, -0.15) is 5.10 Å². The number of ether oxygens (including phenoxy) is 2. The van der Waals surface area contributed by atoms with Crippen LogP contribution in [0.1, 0.15) is 50.3 Å². The minimum absolute atomic E-state index is 0.0154. The van der Waals surface area contributed by atoms with Gasteiger partial charge in [0.05, 0.1) is 24.8 Å². The Morgan fingerprint density at radius 1 is 1.27 bits per heavy atom. The quantitative estimate of drug-likeness (QED) is 0.441. The number of hydrogen-bond donors (Lipinski definition) is 2. The number of carbonyl (C=O) groups excluding carboxylic acids is 1. The Bertz CT molecular complexity index is 1340. The van der Waals surface area contributed by atoms with Crippen LogP contribution in [-0.4, -0.2) is 39.2 Å². The number of benzene rings is 2. The molecule has 2 fully saturated rings. The number of amides is 1. The van der Waals surface area contributed by atoms with Gasteiger partial charge in [0.25, 0.3) is 0 Å². The molecule has 8 nitrogen and oxygen atoms in total. The first-order valence-electron chi connectivity index (χ1n) is 12.3. The van der Waals surface area contributed by atoms with Gasteiger partial charge in [-0.3, -0.25) is 14.8 Å². The van der Waals surface area contributed by atoms with Crippen molar-refractivity contribution in [3.05, 3.63) is 71.7 Å². The van der Waals surface area contributed by atoms with Crippen molar-refractivity contribution < 1.29 is 28.6 Å². The van der Waals surface area contributed by atoms with Crippen molar-refractivity contribution in [2.24, 2.45) is 13.0 Å². The van der Waals surface area contributed by atoms with E-state index in [1.54, 1.807) is 32.3 Å². The zero-order chi connectivity index (χ0) is 26.4. The first kappa shape index (κ1) is 25.0. The fourth-order valence-corrected chi connectivity index (χ4v) is 5.46. The summed E-state index contributed by atoms with van der Waals surface area (Å²) < 4.78 is 28.5. The van der Waals surface area contributed by atoms with E-state index < -0.39 is 29.2 Å². The molecule has 9 heteroatoms. The molecule has 37 heavy (non-hydrogen) atoms. The summed E-state index contributed by atoms with van der Waals surface area (Å²) in [6.07, 6.45) is 1.83. The van der Waals surface area contributed by atoms with Gasteiger partial charge in [0.15, 0.2) is 0 Å². The van der Waals surface area contributed by atoms with Crippen molar-refractivity contribution in [2.45, 2.75) is 50.2 Å². The van der Waals surface area contributed by atoms with Gasteiger partial charge < -0.3 is 14.6 Å². The number of nitrogens with zero attached hydrogens (tertiary/aromatic N) is 2. The molecular weight excluding hydrogens is 477 g/mol. The van der Waals surface area contributed by atoms with Crippen molar-refractivity contribution in [1.82, 2.24) is 9.78 Å². The summed E-state index contributed by atoms with van der Waals surface area (Å²) in [5.41, 5.74) is 1.37. The number of nitrogens with one attached hydrogen (secondary N) is 1. The molecule has 0 bridgehead atoms. The number of aryl methyl sites for hydroxylation is 1. The van der Waals surface area contributed by atoms with Gasteiger partial charge in [-0.25, -0.2) is 9.18 Å². The minimum atomic E-state index is -0.874. The summed E-state index contributed by atoms with van der Waals surface area (Å²) in [6, 6.07) is 14.4. The predicted octanol–water partition coefficient (Wildman–Crippen LogP) is 5.45. The third-order valence-electron chi connectivity index (χ3n) is 7.64. The molecule has 5 rings (SSSR count). The summed E-state index contributed by atoms with van der Waals surface area (Å²) in [5.74, 6) is -0.758. The Morgan fingerprint density at radius 3 is 2.70 bits per heavy atom. The Kier molecular flexibility index (Phi) is 6.27. The summed E-state index contributed by atoms with van der Waals surface area (Å²) in [7, 11) is 1.68. The van der Waals surface area contributed by atoms with Gasteiger partial charge in [0.2, 0.25) is 0 Å². The number of rotatable bonds is 7. The molecule has 1 saturated heterocycles. The smallest absolute Gasteiger partial charge is 0.413 e. The maximum atomic E-state index is 15.5. The van der Waals surface area contributed by atoms with Crippen LogP contribution in [0.15, 0.2) is 54.7 Å². The van der Waals surface area contributed by atoms with Crippen LogP contribution in [0.25, 0.3) is 11.1 Å². The summed E-state index contributed by atoms with van der Waals surface area (Å²) >= 11 is 0. The second-order valence-electron chi connectivity index (χ2n) is 10.4. The molecule has 4 atom stereocenters. The van der Waals surface area contributed by atoms with Crippen LogP contribution >= 0.6 is 0 Å². The lowest BCUT2D eigenvalue weighted by Gasteiger charge is -2.37. The number of carboxylic acids is 1. The standard InChI is InChI=1S/C28H30FN3O5/c1-17(18-7-5-4-6-8-18)37-26(35)31-25-21(15-30-32(25)3)19-9-10-22(23(29)11-19)27(2)12-20-13-28(20,36-16-27)14-24(33)34/h4-11,15,17,20H,12-14,16H2,1-3H3,(H,31,35)(H,33,34)/t17-,20?,27?,28?/m1/s1. The molecule has 3 aromatic rings. The molecule has 0 spiro atoms. The van der Waals surface area contributed by atoms with E-state index >= 15 is 4.39 Å². The lowest BCUT2D eigenvalue weighted by atomic mass is 9.76. The van der Waals surface area contributed by atoms with Gasteiger partial charge in [-0.15, -0.1) is 0 Å². The molecule has 1 aliphatic heterocycles. The average Bonchev–Trinajstić information content (AvgIpc) is 3.42. The van der Waals surface area contributed by atoms with Crippen LogP contribution < -0.4 is 5.32 Å². The lowest BCUT2D eigenvalue weighted by Crippen LogP contribution is -2.40. The van der Waals surface area contributed by atoms with E-state index in [1.807, 2.05) is 37.3 Å². The Hall–Kier alpha value is -3.72. The zero-order valence-electron chi connectivity index (χ0n) is 21.0. The topological polar surface area (TPSA) is 103 Å². The van der Waals surface area contributed by atoms with Crippen molar-refractivity contribution in [3.63, 3.8) is 0 Å². The number of carboxylic acid groups (broad SMARTS) is 1. The van der Waals surface area contributed by atoms with Gasteiger partial charge in [0.1, 0.15) is 17.7 Å². The molecule has 194 valence electrons. The summed E-state index contributed by atoms with van der Waals surface area (Å²) in [4.78, 5) is 23.8. The van der Waals surface area contributed by atoms with Crippen molar-refractivity contribution in [2.75, 3.05) is 11.9 Å². The highest BCUT2D eigenvalue weighted by Crippen LogP contribution is 2.59. The molecule has 1 aliphatic carbocycles. The van der Waals surface area contributed by atoms with E-state index in [-0.39, 0.29) is 24.8 Å². The SMILES string of the molecule is C[C@@H](OC(=O)Nc1c(-c2ccc(C3(C)COC4(CC(=O)O)CC4C3)c(F)c2)cnn1C)c1ccccc1. The first-order valence-corrected chi connectivity index (χ1v) is 12.3. The Balaban J connectivity index is 1.31. The molecular formula is C28H30FN3O5. The second-order valence-corrected chi connectivity index (χ2v) is 10.4. The molecule has 1 saturated carbocycles. The lowest BCUT2D eigenvalue weighted by molar-refractivity contribution is -0.143. The van der Waals surface area contributed by atoms with E-state index in [0.717, 1.165) is 5.56 Å². The molecule has 2 N–H and O–H groups in total. The highest BCUT2D eigenvalue weighted by atomic mass is 19.1. The number of anilines is 1. The first-order chi connectivity index (χ1) is 17.6. The Labute approximate surface area is 214 Å². The molecule has 3 unspecified atom stereocenters. The maximum absolute atomic E-state index is 15.5. The van der Waals surface area contributed by atoms with Crippen LogP contribution in [-0.2, 0) is 26.7 Å². The number of halogens is 1. The highest BCUT2D eigenvalue weighted by molar-refractivity contribution is 5.90. The van der Waals surface area contributed by atoms with E-state index in [1.165, 1.54) is 10.7 Å². The monoisotopic (exact) mass is 507 g/mol. The van der Waals surface area contributed by atoms with Crippen LogP contribution in [0.5, 0.6) is 0 Å². The normalized spacial score (nSPS) is 25.1. The third-order valence-corrected chi connectivity index (χ3v) is 7.64. The third kappa shape index (κ3) is 4.83. The number of hydrogen-bond acceptors (Lipinski definition) is 5. The fraction of sp³-hybridized carbons (Fsp3) is 0.393. The van der Waals surface area contributed by atoms with Crippen LogP contribution in [0, 0.1) is 11.7 Å². The molecule has 2 aromatic carbocycles. The van der Waals surface area contributed by atoms with Gasteiger partial charge in [-0.1, -0.05) is 49.4 Å². The molecule has 2 heterocycles. The van der Waals surface area contributed by atoms with Crippen LogP contribution in [0.4, 0.5) is 15.0 Å². The van der Waals surface area contributed by atoms with Crippen molar-refractivity contribution in [3.8, 4) is 11.1 Å². The molecule has 2 aliphatic rings. The molecule has 1 amide bonds. The minimum Gasteiger partial charge on any atom is -0.481 e. The average molecular weight is 508 g/mol. The summed E-state index contributed by atoms with van der Waals surface area (Å²) in [6.45, 7) is 4.00. The van der Waals surface area contributed by atoms with Crippen LogP contribution in [0.3, 0.4) is 0 Å². The molecule has 0 radical (unpaired) electrons. The zero-order valence-corrected chi connectivity index (χ0v) is 21.0. The number of aromatic nitrogens is 2. The summed E-state index contributed by atoms with van der Waals surface area (Å²) in [5, 5.41) is 16.2. The van der Waals surface area contributed by atoms with Gasteiger partial charge >= 0.3 is 12.1 Å². The van der Waals surface area contributed by atoms with Crippen molar-refractivity contribution >= 4 is 17.9 Å².